The van der Waals surface area contributed by atoms with Gasteiger partial charge < -0.3 is 30.5 Å². The fourth-order valence-corrected chi connectivity index (χ4v) is 4.09. The van der Waals surface area contributed by atoms with E-state index in [1.54, 1.807) is 45.0 Å². The lowest BCUT2D eigenvalue weighted by molar-refractivity contribution is -0.141. The maximum Gasteiger partial charge on any atom is 0.408 e. The van der Waals surface area contributed by atoms with Crippen LogP contribution in [0.4, 0.5) is 10.5 Å². The van der Waals surface area contributed by atoms with Crippen LogP contribution in [0.25, 0.3) is 10.8 Å². The minimum Gasteiger partial charge on any atom is -0.508 e. The van der Waals surface area contributed by atoms with E-state index < -0.39 is 42.2 Å². The largest absolute Gasteiger partial charge is 0.508 e. The first-order valence-corrected chi connectivity index (χ1v) is 12.5. The first-order chi connectivity index (χ1) is 18.0. The number of para-hydroxylation sites is 1. The average molecular weight is 522 g/mol. The van der Waals surface area contributed by atoms with Gasteiger partial charge >= 0.3 is 6.09 Å². The third kappa shape index (κ3) is 7.23. The van der Waals surface area contributed by atoms with E-state index in [0.717, 1.165) is 10.8 Å². The van der Waals surface area contributed by atoms with Crippen LogP contribution < -0.4 is 10.6 Å². The SMILES string of the molecule is CCCN(C(=O)C(CO)NC(=O)OC(C)(C)C)C(C(=O)Nc1ccc2ccccc2c1)c1ccccc1O. The number of nitrogens with zero attached hydrogens (tertiary/aromatic N) is 1. The van der Waals surface area contributed by atoms with Gasteiger partial charge in [0, 0.05) is 17.8 Å². The number of anilines is 1. The number of aliphatic hydroxyl groups excluding tert-OH is 1. The van der Waals surface area contributed by atoms with Crippen LogP contribution in [0.15, 0.2) is 66.7 Å². The highest BCUT2D eigenvalue weighted by Crippen LogP contribution is 2.31. The molecule has 2 unspecified atom stereocenters. The summed E-state index contributed by atoms with van der Waals surface area (Å²) in [4.78, 5) is 41.0. The van der Waals surface area contributed by atoms with E-state index in [4.69, 9.17) is 4.74 Å². The Morgan fingerprint density at radius 2 is 1.63 bits per heavy atom. The molecule has 2 atom stereocenters. The number of ether oxygens (including phenoxy) is 1. The number of amides is 3. The number of carbonyl (C=O) groups is 3. The number of alkyl carbamates (subject to hydrolysis) is 1. The summed E-state index contributed by atoms with van der Waals surface area (Å²) in [7, 11) is 0. The van der Waals surface area contributed by atoms with Crippen LogP contribution in [-0.4, -0.2) is 57.8 Å². The van der Waals surface area contributed by atoms with Crippen molar-refractivity contribution in [2.45, 2.75) is 51.8 Å². The normalized spacial score (nSPS) is 12.9. The van der Waals surface area contributed by atoms with Crippen molar-refractivity contribution in [3.63, 3.8) is 0 Å². The van der Waals surface area contributed by atoms with Gasteiger partial charge in [-0.05, 0) is 56.2 Å². The highest BCUT2D eigenvalue weighted by Gasteiger charge is 2.37. The molecular weight excluding hydrogens is 486 g/mol. The summed E-state index contributed by atoms with van der Waals surface area (Å²) < 4.78 is 5.23. The van der Waals surface area contributed by atoms with Crippen molar-refractivity contribution < 1.29 is 29.3 Å². The molecule has 0 heterocycles. The summed E-state index contributed by atoms with van der Waals surface area (Å²) in [6, 6.07) is 16.8. The maximum absolute atomic E-state index is 13.8. The first-order valence-electron chi connectivity index (χ1n) is 12.5. The highest BCUT2D eigenvalue weighted by molar-refractivity contribution is 6.00. The van der Waals surface area contributed by atoms with Crippen LogP contribution in [-0.2, 0) is 14.3 Å². The number of fused-ring (bicyclic) bond motifs is 1. The number of phenolic OH excluding ortho intramolecular Hbond substituents is 1. The van der Waals surface area contributed by atoms with E-state index in [0.29, 0.717) is 12.1 Å². The third-order valence-corrected chi connectivity index (χ3v) is 5.73. The van der Waals surface area contributed by atoms with E-state index in [1.165, 1.54) is 11.0 Å². The molecule has 4 N–H and O–H groups in total. The Hall–Kier alpha value is -4.11. The number of carbonyl (C=O) groups excluding carboxylic acids is 3. The summed E-state index contributed by atoms with van der Waals surface area (Å²) in [5, 5.41) is 27.8. The van der Waals surface area contributed by atoms with E-state index in [-0.39, 0.29) is 17.9 Å². The van der Waals surface area contributed by atoms with E-state index in [9.17, 15) is 24.6 Å². The predicted octanol–water partition coefficient (Wildman–Crippen LogP) is 4.35. The summed E-state index contributed by atoms with van der Waals surface area (Å²) in [6.07, 6.45) is -0.398. The van der Waals surface area contributed by atoms with Gasteiger partial charge in [-0.3, -0.25) is 9.59 Å². The molecule has 3 amide bonds. The van der Waals surface area contributed by atoms with Crippen LogP contribution in [0.5, 0.6) is 5.75 Å². The molecule has 3 rings (SSSR count). The molecular formula is C29H35N3O6. The lowest BCUT2D eigenvalue weighted by Crippen LogP contribution is -2.54. The van der Waals surface area contributed by atoms with Gasteiger partial charge in [-0.1, -0.05) is 55.5 Å². The fourth-order valence-electron chi connectivity index (χ4n) is 4.09. The Balaban J connectivity index is 1.97. The van der Waals surface area contributed by atoms with Crippen LogP contribution in [0, 0.1) is 0 Å². The molecule has 0 spiro atoms. The second kappa shape index (κ2) is 12.4. The second-order valence-electron chi connectivity index (χ2n) is 9.93. The number of benzene rings is 3. The standard InChI is InChI=1S/C29H35N3O6/c1-5-16-32(27(36)23(18-33)31-28(37)38-29(2,3)4)25(22-12-8-9-13-24(22)34)26(35)30-21-15-14-19-10-6-7-11-20(19)17-21/h6-15,17,23,25,33-34H,5,16,18H2,1-4H3,(H,30,35)(H,31,37). The summed E-state index contributed by atoms with van der Waals surface area (Å²) >= 11 is 0. The molecule has 0 aliphatic carbocycles. The quantitative estimate of drug-likeness (QED) is 0.331. The molecule has 0 saturated carbocycles. The molecule has 0 fully saturated rings. The number of hydrogen-bond donors (Lipinski definition) is 4. The highest BCUT2D eigenvalue weighted by atomic mass is 16.6. The Labute approximate surface area is 222 Å². The second-order valence-corrected chi connectivity index (χ2v) is 9.93. The molecule has 3 aromatic rings. The molecule has 0 aliphatic rings. The molecule has 0 bridgehead atoms. The molecule has 9 nitrogen and oxygen atoms in total. The van der Waals surface area contributed by atoms with Crippen LogP contribution >= 0.6 is 0 Å². The summed E-state index contributed by atoms with van der Waals surface area (Å²) in [5.41, 5.74) is -0.0842. The smallest absolute Gasteiger partial charge is 0.408 e. The van der Waals surface area contributed by atoms with Crippen molar-refractivity contribution >= 4 is 34.4 Å². The number of aromatic hydroxyl groups is 1. The molecule has 0 aromatic heterocycles. The summed E-state index contributed by atoms with van der Waals surface area (Å²) in [6.45, 7) is 6.28. The summed E-state index contributed by atoms with van der Waals surface area (Å²) in [5.74, 6) is -1.42. The van der Waals surface area contributed by atoms with E-state index in [1.807, 2.05) is 43.3 Å². The van der Waals surface area contributed by atoms with Crippen molar-refractivity contribution in [3.05, 3.63) is 72.3 Å². The van der Waals surface area contributed by atoms with Gasteiger partial charge in [-0.2, -0.15) is 0 Å². The third-order valence-electron chi connectivity index (χ3n) is 5.73. The molecule has 3 aromatic carbocycles. The first kappa shape index (κ1) is 28.5. The van der Waals surface area contributed by atoms with Crippen molar-refractivity contribution in [1.29, 1.82) is 0 Å². The number of nitrogens with one attached hydrogen (secondary N) is 2. The van der Waals surface area contributed by atoms with Crippen LogP contribution in [0.3, 0.4) is 0 Å². The minimum atomic E-state index is -1.36. The zero-order valence-electron chi connectivity index (χ0n) is 22.1. The van der Waals surface area contributed by atoms with Gasteiger partial charge in [0.2, 0.25) is 5.91 Å². The average Bonchev–Trinajstić information content (AvgIpc) is 2.86. The number of aliphatic hydroxyl groups is 1. The van der Waals surface area contributed by atoms with Crippen molar-refractivity contribution in [2.75, 3.05) is 18.5 Å². The van der Waals surface area contributed by atoms with E-state index in [2.05, 4.69) is 10.6 Å². The number of rotatable bonds is 9. The topological polar surface area (TPSA) is 128 Å². The van der Waals surface area contributed by atoms with Gasteiger partial charge in [0.25, 0.3) is 5.91 Å². The van der Waals surface area contributed by atoms with Gasteiger partial charge in [-0.25, -0.2) is 4.79 Å². The number of hydrogen-bond acceptors (Lipinski definition) is 6. The fraction of sp³-hybridized carbons (Fsp3) is 0.345. The molecule has 9 heteroatoms. The lowest BCUT2D eigenvalue weighted by atomic mass is 10.0. The van der Waals surface area contributed by atoms with Gasteiger partial charge in [-0.15, -0.1) is 0 Å². The molecule has 0 saturated heterocycles. The molecule has 202 valence electrons. The molecule has 0 aliphatic heterocycles. The predicted molar refractivity (Wildman–Crippen MR) is 146 cm³/mol. The van der Waals surface area contributed by atoms with Crippen molar-refractivity contribution in [3.8, 4) is 5.75 Å². The molecule has 0 radical (unpaired) electrons. The van der Waals surface area contributed by atoms with Crippen molar-refractivity contribution in [1.82, 2.24) is 10.2 Å². The van der Waals surface area contributed by atoms with Gasteiger partial charge in [0.1, 0.15) is 23.4 Å². The van der Waals surface area contributed by atoms with Crippen LogP contribution in [0.1, 0.15) is 45.7 Å². The Kier molecular flexibility index (Phi) is 9.30. The Morgan fingerprint density at radius 3 is 2.26 bits per heavy atom. The lowest BCUT2D eigenvalue weighted by Gasteiger charge is -2.34. The van der Waals surface area contributed by atoms with Gasteiger partial charge in [0.05, 0.1) is 6.61 Å². The zero-order valence-corrected chi connectivity index (χ0v) is 22.1. The number of phenols is 1. The minimum absolute atomic E-state index is 0.121. The van der Waals surface area contributed by atoms with Gasteiger partial charge in [0.15, 0.2) is 0 Å². The zero-order chi connectivity index (χ0) is 27.9. The van der Waals surface area contributed by atoms with E-state index >= 15 is 0 Å². The molecule has 38 heavy (non-hydrogen) atoms. The maximum atomic E-state index is 13.8. The van der Waals surface area contributed by atoms with Crippen LogP contribution in [0.2, 0.25) is 0 Å². The Morgan fingerprint density at radius 1 is 0.974 bits per heavy atom. The Bertz CT molecular complexity index is 1290. The monoisotopic (exact) mass is 521 g/mol. The van der Waals surface area contributed by atoms with Crippen molar-refractivity contribution in [2.24, 2.45) is 0 Å².